The smallest absolute Gasteiger partial charge is 0.132 e. The molecule has 0 amide bonds. The first kappa shape index (κ1) is 14.4. The Hall–Kier alpha value is -2.00. The average Bonchev–Trinajstić information content (AvgIpc) is 2.49. The third-order valence-corrected chi connectivity index (χ3v) is 3.41. The molecule has 106 valence electrons. The first-order chi connectivity index (χ1) is 9.68. The van der Waals surface area contributed by atoms with E-state index in [1.807, 2.05) is 42.5 Å². The Morgan fingerprint density at radius 1 is 0.950 bits per heavy atom. The molecule has 0 radical (unpaired) electrons. The molecule has 2 rings (SSSR count). The van der Waals surface area contributed by atoms with Gasteiger partial charge in [-0.05, 0) is 43.3 Å². The van der Waals surface area contributed by atoms with Crippen LogP contribution in [0.1, 0.15) is 18.9 Å². The number of methoxy groups -OCH3 is 1. The minimum atomic E-state index is -0.426. The van der Waals surface area contributed by atoms with E-state index in [0.29, 0.717) is 6.54 Å². The number of nitrogens with two attached hydrogens (primary N) is 1. The number of hydrogen-bond donors (Lipinski definition) is 1. The van der Waals surface area contributed by atoms with E-state index in [0.717, 1.165) is 23.5 Å². The second-order valence-corrected chi connectivity index (χ2v) is 4.91. The fourth-order valence-electron chi connectivity index (χ4n) is 2.22. The molecule has 3 heteroatoms. The van der Waals surface area contributed by atoms with Gasteiger partial charge < -0.3 is 15.2 Å². The highest BCUT2D eigenvalue weighted by Crippen LogP contribution is 2.31. The molecule has 0 aliphatic rings. The van der Waals surface area contributed by atoms with Gasteiger partial charge in [0, 0.05) is 6.42 Å². The summed E-state index contributed by atoms with van der Waals surface area (Å²) in [6.45, 7) is 2.64. The van der Waals surface area contributed by atoms with E-state index in [9.17, 15) is 0 Å². The first-order valence-electron chi connectivity index (χ1n) is 6.76. The van der Waals surface area contributed by atoms with Crippen LogP contribution >= 0.6 is 0 Å². The molecule has 0 aromatic heterocycles. The molecule has 20 heavy (non-hydrogen) atoms. The zero-order chi connectivity index (χ0) is 14.4. The molecule has 2 aromatic rings. The maximum atomic E-state index is 6.19. The average molecular weight is 271 g/mol. The summed E-state index contributed by atoms with van der Waals surface area (Å²) < 4.78 is 11.3. The van der Waals surface area contributed by atoms with E-state index in [4.69, 9.17) is 15.2 Å². The third-order valence-electron chi connectivity index (χ3n) is 3.41. The molecule has 0 saturated heterocycles. The lowest BCUT2D eigenvalue weighted by molar-refractivity contribution is 0.0796. The van der Waals surface area contributed by atoms with E-state index in [1.54, 1.807) is 7.11 Å². The van der Waals surface area contributed by atoms with Crippen molar-refractivity contribution in [2.75, 3.05) is 13.7 Å². The predicted molar refractivity (Wildman–Crippen MR) is 81.1 cm³/mol. The lowest BCUT2D eigenvalue weighted by Gasteiger charge is -2.31. The van der Waals surface area contributed by atoms with E-state index in [1.165, 1.54) is 0 Å². The van der Waals surface area contributed by atoms with Gasteiger partial charge in [-0.15, -0.1) is 0 Å². The molecule has 0 fully saturated rings. The summed E-state index contributed by atoms with van der Waals surface area (Å²) in [5.41, 5.74) is 6.45. The summed E-state index contributed by atoms with van der Waals surface area (Å²) in [6.07, 6.45) is 0.753. The van der Waals surface area contributed by atoms with Crippen molar-refractivity contribution < 1.29 is 9.47 Å². The standard InChI is InChI=1S/C17H21NO2/c1-17(12-13-18,14-6-4-3-5-7-14)20-16-10-8-15(19-2)9-11-16/h3-11H,12-13,18H2,1-2H3. The molecular formula is C17H21NO2. The van der Waals surface area contributed by atoms with Crippen molar-refractivity contribution in [2.45, 2.75) is 18.9 Å². The SMILES string of the molecule is COc1ccc(OC(C)(CCN)c2ccccc2)cc1. The summed E-state index contributed by atoms with van der Waals surface area (Å²) in [7, 11) is 1.65. The molecule has 0 aliphatic carbocycles. The Balaban J connectivity index is 2.24. The lowest BCUT2D eigenvalue weighted by Crippen LogP contribution is -2.32. The van der Waals surface area contributed by atoms with Gasteiger partial charge in [0.05, 0.1) is 7.11 Å². The van der Waals surface area contributed by atoms with Crippen LogP contribution in [0.2, 0.25) is 0 Å². The minimum Gasteiger partial charge on any atom is -0.497 e. The zero-order valence-corrected chi connectivity index (χ0v) is 12.0. The topological polar surface area (TPSA) is 44.5 Å². The summed E-state index contributed by atoms with van der Waals surface area (Å²) in [4.78, 5) is 0. The molecular weight excluding hydrogens is 250 g/mol. The molecule has 3 nitrogen and oxygen atoms in total. The van der Waals surface area contributed by atoms with Gasteiger partial charge >= 0.3 is 0 Å². The van der Waals surface area contributed by atoms with Crippen LogP contribution in [0.15, 0.2) is 54.6 Å². The zero-order valence-electron chi connectivity index (χ0n) is 12.0. The van der Waals surface area contributed by atoms with Crippen LogP contribution in [0.25, 0.3) is 0 Å². The van der Waals surface area contributed by atoms with Crippen LogP contribution in [0, 0.1) is 0 Å². The van der Waals surface area contributed by atoms with Crippen molar-refractivity contribution in [3.8, 4) is 11.5 Å². The Morgan fingerprint density at radius 2 is 1.55 bits per heavy atom. The van der Waals surface area contributed by atoms with Crippen LogP contribution in [-0.2, 0) is 5.60 Å². The second-order valence-electron chi connectivity index (χ2n) is 4.91. The van der Waals surface area contributed by atoms with Gasteiger partial charge in [-0.25, -0.2) is 0 Å². The third kappa shape index (κ3) is 3.31. The van der Waals surface area contributed by atoms with Crippen LogP contribution < -0.4 is 15.2 Å². The van der Waals surface area contributed by atoms with E-state index < -0.39 is 5.60 Å². The van der Waals surface area contributed by atoms with E-state index in [-0.39, 0.29) is 0 Å². The molecule has 0 aliphatic heterocycles. The Bertz CT molecular complexity index is 524. The molecule has 1 unspecified atom stereocenters. The number of hydrogen-bond acceptors (Lipinski definition) is 3. The number of rotatable bonds is 6. The van der Waals surface area contributed by atoms with Gasteiger partial charge in [-0.2, -0.15) is 0 Å². The van der Waals surface area contributed by atoms with Gasteiger partial charge in [0.25, 0.3) is 0 Å². The molecule has 0 saturated carbocycles. The van der Waals surface area contributed by atoms with E-state index >= 15 is 0 Å². The summed E-state index contributed by atoms with van der Waals surface area (Å²) in [5, 5.41) is 0. The maximum absolute atomic E-state index is 6.19. The minimum absolute atomic E-state index is 0.426. The summed E-state index contributed by atoms with van der Waals surface area (Å²) >= 11 is 0. The molecule has 0 spiro atoms. The van der Waals surface area contributed by atoms with Gasteiger partial charge in [0.15, 0.2) is 0 Å². The van der Waals surface area contributed by atoms with Crippen molar-refractivity contribution in [2.24, 2.45) is 5.73 Å². The Kier molecular flexibility index (Phi) is 4.64. The summed E-state index contributed by atoms with van der Waals surface area (Å²) in [6, 6.07) is 17.8. The Labute approximate surface area is 120 Å². The van der Waals surface area contributed by atoms with Gasteiger partial charge in [-0.3, -0.25) is 0 Å². The van der Waals surface area contributed by atoms with Crippen LogP contribution in [0.4, 0.5) is 0 Å². The number of benzene rings is 2. The fraction of sp³-hybridized carbons (Fsp3) is 0.294. The van der Waals surface area contributed by atoms with Crippen LogP contribution in [-0.4, -0.2) is 13.7 Å². The molecule has 0 bridgehead atoms. The monoisotopic (exact) mass is 271 g/mol. The Morgan fingerprint density at radius 3 is 2.10 bits per heavy atom. The van der Waals surface area contributed by atoms with Crippen LogP contribution in [0.3, 0.4) is 0 Å². The largest absolute Gasteiger partial charge is 0.497 e. The normalized spacial score (nSPS) is 13.6. The molecule has 2 N–H and O–H groups in total. The van der Waals surface area contributed by atoms with Crippen molar-refractivity contribution in [1.82, 2.24) is 0 Å². The molecule has 1 atom stereocenters. The quantitative estimate of drug-likeness (QED) is 0.876. The predicted octanol–water partition coefficient (Wildman–Crippen LogP) is 3.34. The maximum Gasteiger partial charge on any atom is 0.132 e. The number of ether oxygens (including phenoxy) is 2. The summed E-state index contributed by atoms with van der Waals surface area (Å²) in [5.74, 6) is 1.63. The first-order valence-corrected chi connectivity index (χ1v) is 6.76. The lowest BCUT2D eigenvalue weighted by atomic mass is 9.92. The van der Waals surface area contributed by atoms with Gasteiger partial charge in [0.1, 0.15) is 17.1 Å². The van der Waals surface area contributed by atoms with Crippen molar-refractivity contribution in [3.63, 3.8) is 0 Å². The van der Waals surface area contributed by atoms with E-state index in [2.05, 4.69) is 19.1 Å². The van der Waals surface area contributed by atoms with Gasteiger partial charge in [0.2, 0.25) is 0 Å². The fourth-order valence-corrected chi connectivity index (χ4v) is 2.22. The highest BCUT2D eigenvalue weighted by atomic mass is 16.5. The highest BCUT2D eigenvalue weighted by Gasteiger charge is 2.27. The van der Waals surface area contributed by atoms with Crippen molar-refractivity contribution in [3.05, 3.63) is 60.2 Å². The van der Waals surface area contributed by atoms with Gasteiger partial charge in [-0.1, -0.05) is 30.3 Å². The van der Waals surface area contributed by atoms with Crippen molar-refractivity contribution in [1.29, 1.82) is 0 Å². The molecule has 0 heterocycles. The van der Waals surface area contributed by atoms with Crippen LogP contribution in [0.5, 0.6) is 11.5 Å². The highest BCUT2D eigenvalue weighted by molar-refractivity contribution is 5.33. The second kappa shape index (κ2) is 6.44. The molecule has 2 aromatic carbocycles. The van der Waals surface area contributed by atoms with Crippen molar-refractivity contribution >= 4 is 0 Å².